The van der Waals surface area contributed by atoms with E-state index in [-0.39, 0.29) is 18.1 Å². The molecule has 2 N–H and O–H groups in total. The molecule has 0 aromatic carbocycles. The van der Waals surface area contributed by atoms with Crippen molar-refractivity contribution in [1.29, 1.82) is 0 Å². The van der Waals surface area contributed by atoms with Gasteiger partial charge in [-0.05, 0) is 18.6 Å². The smallest absolute Gasteiger partial charge is 0.326 e. The van der Waals surface area contributed by atoms with Crippen LogP contribution in [0.1, 0.15) is 31.5 Å². The molecule has 1 aliphatic rings. The van der Waals surface area contributed by atoms with Crippen LogP contribution in [0.2, 0.25) is 0 Å². The summed E-state index contributed by atoms with van der Waals surface area (Å²) in [6.45, 7) is 6.59. The summed E-state index contributed by atoms with van der Waals surface area (Å²) in [6, 6.07) is 4.21. The third-order valence-corrected chi connectivity index (χ3v) is 3.11. The number of amides is 1. The van der Waals surface area contributed by atoms with Gasteiger partial charge in [0.05, 0.1) is 12.1 Å². The summed E-state index contributed by atoms with van der Waals surface area (Å²) >= 11 is 0. The average Bonchev–Trinajstić information content (AvgIpc) is 2.78. The Morgan fingerprint density at radius 3 is 3.18 bits per heavy atom. The largest absolute Gasteiger partial charge is 0.333 e. The van der Waals surface area contributed by atoms with Crippen molar-refractivity contribution in [2.75, 3.05) is 6.54 Å². The van der Waals surface area contributed by atoms with Crippen LogP contribution in [0, 0.1) is 0 Å². The molecular weight excluding hydrogens is 214 g/mol. The summed E-state index contributed by atoms with van der Waals surface area (Å²) in [4.78, 5) is 11.9. The summed E-state index contributed by atoms with van der Waals surface area (Å²) in [7, 11) is 0. The minimum atomic E-state index is -0.0277. The normalized spacial score (nSPS) is 23.0. The summed E-state index contributed by atoms with van der Waals surface area (Å²) in [5.41, 5.74) is 1.04. The van der Waals surface area contributed by atoms with Crippen LogP contribution in [0.15, 0.2) is 31.0 Å². The Labute approximate surface area is 102 Å². The number of nitrogens with zero attached hydrogens (tertiary/aromatic N) is 1. The zero-order chi connectivity index (χ0) is 12.3. The highest BCUT2D eigenvalue weighted by Crippen LogP contribution is 2.24. The second kappa shape index (κ2) is 5.19. The lowest BCUT2D eigenvalue weighted by atomic mass is 9.98. The van der Waals surface area contributed by atoms with Gasteiger partial charge in [0.25, 0.3) is 0 Å². The van der Waals surface area contributed by atoms with E-state index in [1.54, 1.807) is 10.8 Å². The number of carbonyl (C=O) groups is 1. The second-order valence-corrected chi connectivity index (χ2v) is 4.32. The van der Waals surface area contributed by atoms with Crippen LogP contribution in [0.25, 0.3) is 0 Å². The van der Waals surface area contributed by atoms with Gasteiger partial charge in [0.15, 0.2) is 0 Å². The van der Waals surface area contributed by atoms with E-state index in [1.807, 2.05) is 18.2 Å². The fourth-order valence-corrected chi connectivity index (χ4v) is 2.36. The SMILES string of the molecule is C=CCNC1c2cccn2C(=O)NC1CCC. The Bertz CT molecular complexity index is 411. The fraction of sp³-hybridized carbons (Fsp3) is 0.462. The van der Waals surface area contributed by atoms with Crippen molar-refractivity contribution in [3.8, 4) is 0 Å². The van der Waals surface area contributed by atoms with Crippen molar-refractivity contribution >= 4 is 6.03 Å². The Hall–Kier alpha value is -1.55. The Kier molecular flexibility index (Phi) is 3.64. The molecule has 0 bridgehead atoms. The monoisotopic (exact) mass is 233 g/mol. The van der Waals surface area contributed by atoms with Gasteiger partial charge < -0.3 is 10.6 Å². The van der Waals surface area contributed by atoms with E-state index < -0.39 is 0 Å². The molecule has 0 saturated heterocycles. The molecule has 2 rings (SSSR count). The molecule has 1 aromatic heterocycles. The van der Waals surface area contributed by atoms with Crippen molar-refractivity contribution in [3.05, 3.63) is 36.7 Å². The molecule has 0 aliphatic carbocycles. The average molecular weight is 233 g/mol. The second-order valence-electron chi connectivity index (χ2n) is 4.32. The van der Waals surface area contributed by atoms with Gasteiger partial charge in [0, 0.05) is 18.4 Å². The minimum Gasteiger partial charge on any atom is -0.333 e. The van der Waals surface area contributed by atoms with Gasteiger partial charge in [-0.3, -0.25) is 4.57 Å². The van der Waals surface area contributed by atoms with Crippen molar-refractivity contribution in [3.63, 3.8) is 0 Å². The highest BCUT2D eigenvalue weighted by atomic mass is 16.2. The summed E-state index contributed by atoms with van der Waals surface area (Å²) in [5, 5.41) is 6.46. The number of hydrogen-bond donors (Lipinski definition) is 2. The maximum absolute atomic E-state index is 11.9. The van der Waals surface area contributed by atoms with Crippen LogP contribution in [0.4, 0.5) is 4.79 Å². The predicted molar refractivity (Wildman–Crippen MR) is 68.0 cm³/mol. The summed E-state index contributed by atoms with van der Waals surface area (Å²) in [5.74, 6) is 0. The van der Waals surface area contributed by atoms with E-state index in [0.29, 0.717) is 0 Å². The molecule has 17 heavy (non-hydrogen) atoms. The first-order chi connectivity index (χ1) is 8.27. The molecule has 0 spiro atoms. The van der Waals surface area contributed by atoms with Gasteiger partial charge in [-0.25, -0.2) is 4.79 Å². The van der Waals surface area contributed by atoms with Crippen LogP contribution in [-0.2, 0) is 0 Å². The van der Waals surface area contributed by atoms with Crippen molar-refractivity contribution in [1.82, 2.24) is 15.2 Å². The fourth-order valence-electron chi connectivity index (χ4n) is 2.36. The molecule has 92 valence electrons. The van der Waals surface area contributed by atoms with Gasteiger partial charge in [-0.2, -0.15) is 0 Å². The van der Waals surface area contributed by atoms with Crippen LogP contribution in [-0.4, -0.2) is 23.2 Å². The Morgan fingerprint density at radius 1 is 1.65 bits per heavy atom. The van der Waals surface area contributed by atoms with Crippen LogP contribution >= 0.6 is 0 Å². The van der Waals surface area contributed by atoms with E-state index in [9.17, 15) is 4.79 Å². The molecule has 1 amide bonds. The first kappa shape index (κ1) is 11.9. The highest BCUT2D eigenvalue weighted by Gasteiger charge is 2.31. The molecule has 4 heteroatoms. The van der Waals surface area contributed by atoms with Crippen LogP contribution in [0.3, 0.4) is 0 Å². The molecule has 0 fully saturated rings. The molecule has 4 nitrogen and oxygen atoms in total. The van der Waals surface area contributed by atoms with Crippen LogP contribution < -0.4 is 10.6 Å². The topological polar surface area (TPSA) is 46.1 Å². The lowest BCUT2D eigenvalue weighted by Crippen LogP contribution is -2.51. The Morgan fingerprint density at radius 2 is 2.47 bits per heavy atom. The predicted octanol–water partition coefficient (Wildman–Crippen LogP) is 2.04. The Balaban J connectivity index is 2.25. The first-order valence-corrected chi connectivity index (χ1v) is 6.10. The maximum Gasteiger partial charge on any atom is 0.326 e. The summed E-state index contributed by atoms with van der Waals surface area (Å²) < 4.78 is 1.67. The number of fused-ring (bicyclic) bond motifs is 1. The molecule has 2 unspecified atom stereocenters. The molecule has 1 aromatic rings. The van der Waals surface area contributed by atoms with Gasteiger partial charge in [0.2, 0.25) is 0 Å². The standard InChI is InChI=1S/C13H19N3O/c1-3-6-10-12(14-8-4-2)11-7-5-9-16(11)13(17)15-10/h4-5,7,9-10,12,14H,2-3,6,8H2,1H3,(H,15,17). The quantitative estimate of drug-likeness (QED) is 0.764. The van der Waals surface area contributed by atoms with Gasteiger partial charge in [0.1, 0.15) is 0 Å². The van der Waals surface area contributed by atoms with E-state index in [2.05, 4.69) is 24.1 Å². The summed E-state index contributed by atoms with van der Waals surface area (Å²) in [6.07, 6.45) is 5.67. The lowest BCUT2D eigenvalue weighted by Gasteiger charge is -2.33. The lowest BCUT2D eigenvalue weighted by molar-refractivity contribution is 0.222. The molecule has 0 radical (unpaired) electrons. The van der Waals surface area contributed by atoms with Gasteiger partial charge >= 0.3 is 6.03 Å². The zero-order valence-electron chi connectivity index (χ0n) is 10.1. The number of hydrogen-bond acceptors (Lipinski definition) is 2. The van der Waals surface area contributed by atoms with E-state index >= 15 is 0 Å². The van der Waals surface area contributed by atoms with Crippen molar-refractivity contribution < 1.29 is 4.79 Å². The zero-order valence-corrected chi connectivity index (χ0v) is 10.1. The molecular formula is C13H19N3O. The third kappa shape index (κ3) is 2.26. The molecule has 2 heterocycles. The van der Waals surface area contributed by atoms with E-state index in [4.69, 9.17) is 0 Å². The molecule has 0 saturated carbocycles. The number of rotatable bonds is 5. The highest BCUT2D eigenvalue weighted by molar-refractivity contribution is 5.79. The number of nitrogens with one attached hydrogen (secondary N) is 2. The minimum absolute atomic E-state index is 0.0277. The molecule has 2 atom stereocenters. The van der Waals surface area contributed by atoms with Gasteiger partial charge in [-0.1, -0.05) is 19.4 Å². The number of aromatic nitrogens is 1. The van der Waals surface area contributed by atoms with E-state index in [1.165, 1.54) is 0 Å². The van der Waals surface area contributed by atoms with Gasteiger partial charge in [-0.15, -0.1) is 6.58 Å². The maximum atomic E-state index is 11.9. The number of carbonyl (C=O) groups excluding carboxylic acids is 1. The third-order valence-electron chi connectivity index (χ3n) is 3.11. The van der Waals surface area contributed by atoms with Crippen molar-refractivity contribution in [2.24, 2.45) is 0 Å². The molecule has 1 aliphatic heterocycles. The van der Waals surface area contributed by atoms with Crippen LogP contribution in [0.5, 0.6) is 0 Å². The first-order valence-electron chi connectivity index (χ1n) is 6.10. The van der Waals surface area contributed by atoms with E-state index in [0.717, 1.165) is 25.1 Å². The van der Waals surface area contributed by atoms with Crippen molar-refractivity contribution in [2.45, 2.75) is 31.8 Å².